The summed E-state index contributed by atoms with van der Waals surface area (Å²) in [6, 6.07) is -0.547. The average Bonchev–Trinajstić information content (AvgIpc) is 3.44. The Labute approximate surface area is 487 Å². The Morgan fingerprint density at radius 2 is 0.641 bits per heavy atom. The second-order valence-corrected chi connectivity index (χ2v) is 24.2. The van der Waals surface area contributed by atoms with Gasteiger partial charge >= 0.3 is 5.97 Å². The quantitative estimate of drug-likeness (QED) is 0.0320. The van der Waals surface area contributed by atoms with E-state index in [1.54, 1.807) is 0 Å². The molecule has 6 heteroatoms. The number of amides is 1. The minimum Gasteiger partial charge on any atom is -0.465 e. The molecule has 0 aliphatic carbocycles. The minimum atomic E-state index is -0.669. The number of aliphatic hydroxyl groups is 2. The molecule has 0 bridgehead atoms. The maximum atomic E-state index is 12.5. The van der Waals surface area contributed by atoms with Crippen molar-refractivity contribution in [2.24, 2.45) is 0 Å². The van der Waals surface area contributed by atoms with Crippen LogP contribution in [0, 0.1) is 0 Å². The summed E-state index contributed by atoms with van der Waals surface area (Å²) in [5.74, 6) is -0.0708. The summed E-state index contributed by atoms with van der Waals surface area (Å²) in [7, 11) is 0. The normalized spacial score (nSPS) is 12.7. The van der Waals surface area contributed by atoms with Crippen molar-refractivity contribution in [3.05, 3.63) is 36.5 Å². The first-order valence-corrected chi connectivity index (χ1v) is 35.2. The van der Waals surface area contributed by atoms with Gasteiger partial charge < -0.3 is 20.3 Å². The molecule has 0 rings (SSSR count). The molecule has 3 N–H and O–H groups in total. The molecular weight excluding hydrogens is 959 g/mol. The molecule has 0 aromatic rings. The van der Waals surface area contributed by atoms with Crippen LogP contribution in [0.25, 0.3) is 0 Å². The highest BCUT2D eigenvalue weighted by molar-refractivity contribution is 5.76. The number of ether oxygens (including phenoxy) is 1. The van der Waals surface area contributed by atoms with E-state index in [1.165, 1.54) is 302 Å². The molecular formula is C72H137NO5. The van der Waals surface area contributed by atoms with Gasteiger partial charge in [-0.15, -0.1) is 0 Å². The van der Waals surface area contributed by atoms with Crippen LogP contribution in [0.2, 0.25) is 0 Å². The van der Waals surface area contributed by atoms with Crippen molar-refractivity contribution in [2.75, 3.05) is 13.2 Å². The third-order valence-electron chi connectivity index (χ3n) is 16.4. The third-order valence-corrected chi connectivity index (χ3v) is 16.4. The number of esters is 1. The van der Waals surface area contributed by atoms with Crippen LogP contribution >= 0.6 is 0 Å². The Morgan fingerprint density at radius 3 is 0.987 bits per heavy atom. The Hall–Kier alpha value is -1.92. The van der Waals surface area contributed by atoms with Crippen LogP contribution < -0.4 is 5.32 Å². The minimum absolute atomic E-state index is 0.0348. The fourth-order valence-corrected chi connectivity index (χ4v) is 11.1. The van der Waals surface area contributed by atoms with Gasteiger partial charge in [0.15, 0.2) is 0 Å². The Kier molecular flexibility index (Phi) is 65.9. The van der Waals surface area contributed by atoms with Crippen molar-refractivity contribution in [1.29, 1.82) is 0 Å². The molecule has 460 valence electrons. The number of unbranched alkanes of at least 4 members (excludes halogenated alkanes) is 49. The van der Waals surface area contributed by atoms with E-state index in [4.69, 9.17) is 4.74 Å². The first-order chi connectivity index (χ1) is 38.5. The topological polar surface area (TPSA) is 95.9 Å². The van der Waals surface area contributed by atoms with Crippen LogP contribution in [-0.2, 0) is 14.3 Å². The van der Waals surface area contributed by atoms with Crippen LogP contribution in [0.5, 0.6) is 0 Å². The number of hydrogen-bond acceptors (Lipinski definition) is 5. The molecule has 0 heterocycles. The van der Waals surface area contributed by atoms with Crippen molar-refractivity contribution in [2.45, 2.75) is 398 Å². The van der Waals surface area contributed by atoms with Crippen LogP contribution in [-0.4, -0.2) is 47.4 Å². The highest BCUT2D eigenvalue weighted by atomic mass is 16.5. The van der Waals surface area contributed by atoms with E-state index in [-0.39, 0.29) is 18.5 Å². The van der Waals surface area contributed by atoms with Gasteiger partial charge in [0, 0.05) is 12.8 Å². The van der Waals surface area contributed by atoms with Crippen LogP contribution in [0.4, 0.5) is 0 Å². The second-order valence-electron chi connectivity index (χ2n) is 24.2. The van der Waals surface area contributed by atoms with E-state index < -0.39 is 12.1 Å². The maximum absolute atomic E-state index is 12.5. The molecule has 0 aromatic heterocycles. The number of carbonyl (C=O) groups excluding carboxylic acids is 2. The van der Waals surface area contributed by atoms with Gasteiger partial charge in [0.2, 0.25) is 5.91 Å². The zero-order valence-electron chi connectivity index (χ0n) is 52.7. The average molecular weight is 1100 g/mol. The number of carbonyl (C=O) groups is 2. The van der Waals surface area contributed by atoms with Gasteiger partial charge in [-0.1, -0.05) is 339 Å². The Morgan fingerprint density at radius 1 is 0.359 bits per heavy atom. The predicted octanol–water partition coefficient (Wildman–Crippen LogP) is 22.7. The van der Waals surface area contributed by atoms with Crippen LogP contribution in [0.15, 0.2) is 36.5 Å². The van der Waals surface area contributed by atoms with Crippen molar-refractivity contribution >= 4 is 11.9 Å². The maximum Gasteiger partial charge on any atom is 0.305 e. The molecule has 2 unspecified atom stereocenters. The fraction of sp³-hybridized carbons (Fsp3) is 0.889. The van der Waals surface area contributed by atoms with E-state index in [9.17, 15) is 19.8 Å². The molecule has 0 spiro atoms. The number of hydrogen-bond donors (Lipinski definition) is 3. The Bertz CT molecular complexity index is 1260. The molecule has 0 fully saturated rings. The summed E-state index contributed by atoms with van der Waals surface area (Å²) in [5, 5.41) is 23.4. The van der Waals surface area contributed by atoms with Crippen molar-refractivity contribution in [3.63, 3.8) is 0 Å². The molecule has 0 aliphatic rings. The lowest BCUT2D eigenvalue weighted by Gasteiger charge is -2.22. The van der Waals surface area contributed by atoms with E-state index in [0.29, 0.717) is 25.9 Å². The van der Waals surface area contributed by atoms with Gasteiger partial charge in [0.25, 0.3) is 0 Å². The van der Waals surface area contributed by atoms with Gasteiger partial charge in [-0.3, -0.25) is 9.59 Å². The molecule has 0 saturated carbocycles. The Balaban J connectivity index is 3.44. The molecule has 6 nitrogen and oxygen atoms in total. The summed E-state index contributed by atoms with van der Waals surface area (Å²) in [5.41, 5.74) is 0. The smallest absolute Gasteiger partial charge is 0.305 e. The second kappa shape index (κ2) is 67.6. The van der Waals surface area contributed by atoms with Crippen molar-refractivity contribution in [3.8, 4) is 0 Å². The summed E-state index contributed by atoms with van der Waals surface area (Å²) >= 11 is 0. The SMILES string of the molecule is CCCCCCCC/C=C\CCCCCCCCCCCC(=O)OCC/C=C\C/C=C\CCCCCCCCCCCCCCCCC(=O)NC(CO)C(O)CCCCCCCCCCCCCCCCCCCCCCC. The number of rotatable bonds is 66. The van der Waals surface area contributed by atoms with Gasteiger partial charge in [-0.2, -0.15) is 0 Å². The van der Waals surface area contributed by atoms with Gasteiger partial charge in [0.1, 0.15) is 0 Å². The number of nitrogens with one attached hydrogen (secondary N) is 1. The summed E-state index contributed by atoms with van der Waals surface area (Å²) < 4.78 is 5.44. The molecule has 2 atom stereocenters. The lowest BCUT2D eigenvalue weighted by atomic mass is 10.0. The molecule has 0 saturated heterocycles. The van der Waals surface area contributed by atoms with Crippen LogP contribution in [0.3, 0.4) is 0 Å². The molecule has 0 aromatic carbocycles. The van der Waals surface area contributed by atoms with E-state index >= 15 is 0 Å². The number of allylic oxidation sites excluding steroid dienone is 5. The largest absolute Gasteiger partial charge is 0.465 e. The first kappa shape index (κ1) is 76.1. The monoisotopic (exact) mass is 1100 g/mol. The lowest BCUT2D eigenvalue weighted by molar-refractivity contribution is -0.143. The van der Waals surface area contributed by atoms with Crippen LogP contribution in [0.1, 0.15) is 386 Å². The van der Waals surface area contributed by atoms with Gasteiger partial charge in [-0.25, -0.2) is 0 Å². The van der Waals surface area contributed by atoms with Gasteiger partial charge in [0.05, 0.1) is 25.4 Å². The van der Waals surface area contributed by atoms with Gasteiger partial charge in [-0.05, 0) is 70.6 Å². The fourth-order valence-electron chi connectivity index (χ4n) is 11.1. The highest BCUT2D eigenvalue weighted by Crippen LogP contribution is 2.19. The van der Waals surface area contributed by atoms with Crippen molar-refractivity contribution in [1.82, 2.24) is 5.32 Å². The highest BCUT2D eigenvalue weighted by Gasteiger charge is 2.20. The van der Waals surface area contributed by atoms with E-state index in [1.807, 2.05) is 0 Å². The zero-order valence-corrected chi connectivity index (χ0v) is 52.7. The standard InChI is InChI=1S/C72H137NO5/c1-3-5-7-9-11-13-15-17-19-21-23-25-29-32-36-40-44-48-52-56-60-64-70(75)69(68-74)73-71(76)65-61-57-53-49-45-41-37-33-30-26-24-27-31-35-39-43-47-51-55-59-63-67-78-72(77)66-62-58-54-50-46-42-38-34-28-22-20-18-16-14-12-10-8-6-4-2/h18,20,43,47,55,59,69-70,74-75H,3-17,19,21-42,44-46,48-54,56-58,60-68H2,1-2H3,(H,73,76)/b20-18-,47-43-,59-55-. The molecule has 0 aliphatic heterocycles. The lowest BCUT2D eigenvalue weighted by Crippen LogP contribution is -2.45. The summed E-state index contributed by atoms with van der Waals surface area (Å²) in [6.07, 6.45) is 86.3. The number of aliphatic hydroxyl groups excluding tert-OH is 2. The van der Waals surface area contributed by atoms with Crippen molar-refractivity contribution < 1.29 is 24.5 Å². The summed E-state index contributed by atoms with van der Waals surface area (Å²) in [6.45, 7) is 4.87. The molecule has 0 radical (unpaired) electrons. The van der Waals surface area contributed by atoms with E-state index in [0.717, 1.165) is 51.4 Å². The third kappa shape index (κ3) is 63.3. The predicted molar refractivity (Wildman–Crippen MR) is 343 cm³/mol. The summed E-state index contributed by atoms with van der Waals surface area (Å²) in [4.78, 5) is 24.6. The molecule has 1 amide bonds. The zero-order chi connectivity index (χ0) is 56.4. The first-order valence-electron chi connectivity index (χ1n) is 35.2. The van der Waals surface area contributed by atoms with E-state index in [2.05, 4.69) is 55.6 Å². The molecule has 78 heavy (non-hydrogen) atoms.